The third kappa shape index (κ3) is 2.86. The second-order valence-electron chi connectivity index (χ2n) is 3.43. The van der Waals surface area contributed by atoms with Gasteiger partial charge in [0.2, 0.25) is 5.76 Å². The third-order valence-electron chi connectivity index (χ3n) is 2.26. The Morgan fingerprint density at radius 1 is 1.50 bits per heavy atom. The van der Waals surface area contributed by atoms with Gasteiger partial charge in [-0.05, 0) is 24.6 Å². The number of ether oxygens (including phenoxy) is 1. The quantitative estimate of drug-likeness (QED) is 0.300. The van der Waals surface area contributed by atoms with Gasteiger partial charge in [0.05, 0.1) is 11.5 Å². The van der Waals surface area contributed by atoms with Crippen LogP contribution in [0.4, 0.5) is 0 Å². The van der Waals surface area contributed by atoms with Crippen molar-refractivity contribution in [3.8, 4) is 0 Å². The molecule has 0 N–H and O–H groups in total. The molecule has 0 atom stereocenters. The van der Waals surface area contributed by atoms with Gasteiger partial charge in [0.1, 0.15) is 0 Å². The summed E-state index contributed by atoms with van der Waals surface area (Å²) in [5.41, 5.74) is 6.07. The van der Waals surface area contributed by atoms with E-state index < -0.39 is 4.92 Å². The van der Waals surface area contributed by atoms with Crippen molar-refractivity contribution in [2.75, 3.05) is 6.61 Å². The Balaban J connectivity index is 2.89. The minimum Gasteiger partial charge on any atom is -0.480 e. The molecule has 0 heterocycles. The van der Waals surface area contributed by atoms with Gasteiger partial charge in [-0.15, -0.1) is 0 Å². The van der Waals surface area contributed by atoms with E-state index in [4.69, 9.17) is 4.74 Å². The molecule has 0 unspecified atom stereocenters. The fourth-order valence-electron chi connectivity index (χ4n) is 1.35. The smallest absolute Gasteiger partial charge is 0.323 e. The third-order valence-corrected chi connectivity index (χ3v) is 2.26. The zero-order valence-electron chi connectivity index (χ0n) is 9.58. The number of allylic oxidation sites excluding steroid dienone is 2. The maximum Gasteiger partial charge on any atom is 0.323 e. The summed E-state index contributed by atoms with van der Waals surface area (Å²) in [7, 11) is 0. The molecule has 0 aromatic heterocycles. The Morgan fingerprint density at radius 2 is 2.25 bits per heavy atom. The zero-order chi connectivity index (χ0) is 12.0. The first-order valence-corrected chi connectivity index (χ1v) is 5.43. The lowest BCUT2D eigenvalue weighted by atomic mass is 10.1. The highest BCUT2D eigenvalue weighted by molar-refractivity contribution is 5.35. The van der Waals surface area contributed by atoms with E-state index in [1.807, 2.05) is 13.8 Å². The van der Waals surface area contributed by atoms with Crippen LogP contribution in [0.25, 0.3) is 0 Å². The topological polar surface area (TPSA) is 52.4 Å². The molecule has 4 nitrogen and oxygen atoms in total. The molecule has 0 amide bonds. The van der Waals surface area contributed by atoms with Gasteiger partial charge in [0.15, 0.2) is 0 Å². The molecule has 0 saturated carbocycles. The monoisotopic (exact) mass is 221 g/mol. The van der Waals surface area contributed by atoms with Crippen molar-refractivity contribution in [1.82, 2.24) is 0 Å². The first-order chi connectivity index (χ1) is 7.70. The molecule has 16 heavy (non-hydrogen) atoms. The van der Waals surface area contributed by atoms with Crippen LogP contribution in [-0.2, 0) is 4.74 Å². The summed E-state index contributed by atoms with van der Waals surface area (Å²) < 4.78 is 5.35. The van der Waals surface area contributed by atoms with Gasteiger partial charge in [-0.25, -0.2) is 0 Å². The van der Waals surface area contributed by atoms with E-state index in [-0.39, 0.29) is 11.5 Å². The Kier molecular flexibility index (Phi) is 4.59. The summed E-state index contributed by atoms with van der Waals surface area (Å²) in [6, 6.07) is 0. The van der Waals surface area contributed by atoms with Crippen LogP contribution in [0.2, 0.25) is 0 Å². The minimum absolute atomic E-state index is 0.0253. The Labute approximate surface area is 94.8 Å². The molecule has 86 valence electrons. The Hall–Kier alpha value is -1.76. The van der Waals surface area contributed by atoms with Crippen LogP contribution in [0, 0.1) is 10.1 Å². The Bertz CT molecular complexity index is 408. The van der Waals surface area contributed by atoms with Crippen molar-refractivity contribution in [2.45, 2.75) is 33.1 Å². The fraction of sp³-hybridized carbons (Fsp3) is 0.500. The van der Waals surface area contributed by atoms with Crippen molar-refractivity contribution in [3.63, 3.8) is 0 Å². The fourth-order valence-corrected chi connectivity index (χ4v) is 1.35. The molecule has 0 fully saturated rings. The number of nitro groups is 1. The number of hydrogen-bond acceptors (Lipinski definition) is 3. The molecule has 0 aromatic rings. The van der Waals surface area contributed by atoms with Crippen LogP contribution < -0.4 is 0 Å². The van der Waals surface area contributed by atoms with E-state index in [2.05, 4.69) is 11.5 Å². The van der Waals surface area contributed by atoms with E-state index >= 15 is 0 Å². The van der Waals surface area contributed by atoms with Gasteiger partial charge in [0, 0.05) is 5.57 Å². The van der Waals surface area contributed by atoms with Crippen LogP contribution >= 0.6 is 0 Å². The van der Waals surface area contributed by atoms with E-state index in [0.29, 0.717) is 18.6 Å². The van der Waals surface area contributed by atoms with Gasteiger partial charge in [-0.3, -0.25) is 10.1 Å². The van der Waals surface area contributed by atoms with Gasteiger partial charge < -0.3 is 4.74 Å². The molecule has 0 aromatic carbocycles. The van der Waals surface area contributed by atoms with Crippen molar-refractivity contribution in [2.24, 2.45) is 0 Å². The molecule has 1 aliphatic rings. The lowest BCUT2D eigenvalue weighted by Gasteiger charge is -2.08. The molecule has 0 aliphatic heterocycles. The van der Waals surface area contributed by atoms with Crippen molar-refractivity contribution in [3.05, 3.63) is 44.7 Å². The molecule has 1 rings (SSSR count). The molecule has 0 spiro atoms. The van der Waals surface area contributed by atoms with Crippen LogP contribution in [0.15, 0.2) is 34.6 Å². The second kappa shape index (κ2) is 5.96. The summed E-state index contributed by atoms with van der Waals surface area (Å²) in [4.78, 5) is 10.5. The highest BCUT2D eigenvalue weighted by Gasteiger charge is 2.24. The van der Waals surface area contributed by atoms with E-state index in [1.165, 1.54) is 0 Å². The largest absolute Gasteiger partial charge is 0.480 e. The van der Waals surface area contributed by atoms with Gasteiger partial charge in [0.25, 0.3) is 0 Å². The first-order valence-electron chi connectivity index (χ1n) is 5.43. The number of hydrogen-bond donors (Lipinski definition) is 0. The average molecular weight is 221 g/mol. The maximum atomic E-state index is 10.9. The van der Waals surface area contributed by atoms with Gasteiger partial charge in [-0.1, -0.05) is 26.0 Å². The van der Waals surface area contributed by atoms with Crippen LogP contribution in [-0.4, -0.2) is 11.5 Å². The minimum atomic E-state index is -0.412. The summed E-state index contributed by atoms with van der Waals surface area (Å²) in [5, 5.41) is 10.9. The van der Waals surface area contributed by atoms with Crippen LogP contribution in [0.5, 0.6) is 0 Å². The number of rotatable bonds is 6. The molecule has 0 bridgehead atoms. The predicted octanol–water partition coefficient (Wildman–Crippen LogP) is 2.95. The molecule has 0 saturated heterocycles. The van der Waals surface area contributed by atoms with Crippen LogP contribution in [0.1, 0.15) is 33.1 Å². The van der Waals surface area contributed by atoms with E-state index in [1.54, 1.807) is 6.08 Å². The van der Waals surface area contributed by atoms with Gasteiger partial charge >= 0.3 is 5.70 Å². The molecule has 4 heteroatoms. The standard InChI is InChI=1S/C12H15NO3/c1-3-5-9-16-11-8-6-7-10(4-2)12(11)13(14)15/h7H,3-5,9H2,1-2H3. The van der Waals surface area contributed by atoms with Crippen LogP contribution in [0.3, 0.4) is 0 Å². The normalized spacial score (nSPS) is 14.0. The van der Waals surface area contributed by atoms with Crippen molar-refractivity contribution in [1.29, 1.82) is 0 Å². The molecule has 0 radical (unpaired) electrons. The number of unbranched alkanes of at least 4 members (excludes halogenated alkanes) is 1. The maximum absolute atomic E-state index is 10.9. The van der Waals surface area contributed by atoms with Gasteiger partial charge in [-0.2, -0.15) is 0 Å². The number of nitrogens with zero attached hydrogens (tertiary/aromatic N) is 1. The highest BCUT2D eigenvalue weighted by atomic mass is 16.6. The summed E-state index contributed by atoms with van der Waals surface area (Å²) >= 11 is 0. The summed E-state index contributed by atoms with van der Waals surface area (Å²) in [6.07, 6.45) is 4.04. The highest BCUT2D eigenvalue weighted by Crippen LogP contribution is 2.22. The van der Waals surface area contributed by atoms with E-state index in [9.17, 15) is 10.1 Å². The van der Waals surface area contributed by atoms with Crippen molar-refractivity contribution >= 4 is 0 Å². The lowest BCUT2D eigenvalue weighted by Crippen LogP contribution is -2.09. The summed E-state index contributed by atoms with van der Waals surface area (Å²) in [5.74, 6) is 0.206. The van der Waals surface area contributed by atoms with E-state index in [0.717, 1.165) is 12.8 Å². The molecular weight excluding hydrogens is 206 g/mol. The molecule has 1 aliphatic carbocycles. The predicted molar refractivity (Wildman–Crippen MR) is 60.3 cm³/mol. The zero-order valence-corrected chi connectivity index (χ0v) is 9.58. The Morgan fingerprint density at radius 3 is 2.81 bits per heavy atom. The van der Waals surface area contributed by atoms with Crippen molar-refractivity contribution < 1.29 is 9.66 Å². The summed E-state index contributed by atoms with van der Waals surface area (Å²) in [6.45, 7) is 4.39. The first kappa shape index (κ1) is 12.3. The second-order valence-corrected chi connectivity index (χ2v) is 3.43. The lowest BCUT2D eigenvalue weighted by molar-refractivity contribution is -0.425. The SMILES string of the molecule is CCCCOC1=C=C=CC(CC)=C1[N+](=O)[O-]. The average Bonchev–Trinajstić information content (AvgIpc) is 2.28. The molecular formula is C12H15NO3.